The Kier molecular flexibility index (Phi) is 5.30. The molecule has 1 fully saturated rings. The van der Waals surface area contributed by atoms with Gasteiger partial charge in [-0.1, -0.05) is 18.2 Å². The Hall–Kier alpha value is -2.86. The molecule has 2 aromatic rings. The van der Waals surface area contributed by atoms with Crippen LogP contribution in [0.3, 0.4) is 0 Å². The fourth-order valence-electron chi connectivity index (χ4n) is 2.29. The van der Waals surface area contributed by atoms with Crippen molar-refractivity contribution in [1.29, 1.82) is 0 Å². The van der Waals surface area contributed by atoms with Gasteiger partial charge in [-0.25, -0.2) is 4.99 Å². The lowest BCUT2D eigenvalue weighted by Gasteiger charge is -2.12. The van der Waals surface area contributed by atoms with E-state index in [2.05, 4.69) is 16.6 Å². The van der Waals surface area contributed by atoms with E-state index < -0.39 is 0 Å². The van der Waals surface area contributed by atoms with E-state index in [0.29, 0.717) is 22.3 Å². The number of methoxy groups -OCH3 is 1. The minimum absolute atomic E-state index is 0.0876. The summed E-state index contributed by atoms with van der Waals surface area (Å²) in [5.74, 6) is 0.660. The van der Waals surface area contributed by atoms with Crippen LogP contribution in [0.5, 0.6) is 5.75 Å². The lowest BCUT2D eigenvalue weighted by Crippen LogP contribution is -2.29. The molecule has 0 unspecified atom stereocenters. The summed E-state index contributed by atoms with van der Waals surface area (Å²) in [6, 6.07) is 11.2. The summed E-state index contributed by atoms with van der Waals surface area (Å²) < 4.78 is 5.23. The standard InChI is InChI=1S/C19H17N3O2S/c1-3-10-22-18(23)17(12-14-6-4-8-16(11-14)24-2)25-19(22)21-15-7-5-9-20-13-15/h3-9,11-13H,1,10H2,2H3/b17-12-,21-19?. The molecule has 1 aromatic heterocycles. The molecule has 1 saturated heterocycles. The van der Waals surface area contributed by atoms with Crippen molar-refractivity contribution < 1.29 is 9.53 Å². The molecule has 1 aliphatic rings. The average molecular weight is 351 g/mol. The number of aromatic nitrogens is 1. The second-order valence-electron chi connectivity index (χ2n) is 5.20. The van der Waals surface area contributed by atoms with E-state index in [-0.39, 0.29) is 5.91 Å². The Morgan fingerprint density at radius 2 is 2.24 bits per heavy atom. The number of pyridine rings is 1. The van der Waals surface area contributed by atoms with Crippen molar-refractivity contribution in [1.82, 2.24) is 9.88 Å². The lowest BCUT2D eigenvalue weighted by atomic mass is 10.2. The van der Waals surface area contributed by atoms with Crippen molar-refractivity contribution in [2.45, 2.75) is 0 Å². The summed E-state index contributed by atoms with van der Waals surface area (Å²) in [6.45, 7) is 4.13. The van der Waals surface area contributed by atoms with Crippen molar-refractivity contribution in [3.05, 3.63) is 71.9 Å². The number of amides is 1. The molecule has 0 aliphatic carbocycles. The molecule has 126 valence electrons. The van der Waals surface area contributed by atoms with Crippen LogP contribution in [0.2, 0.25) is 0 Å². The number of rotatable bonds is 5. The first-order valence-electron chi connectivity index (χ1n) is 7.66. The van der Waals surface area contributed by atoms with Gasteiger partial charge in [-0.2, -0.15) is 0 Å². The molecule has 0 atom stereocenters. The van der Waals surface area contributed by atoms with Crippen LogP contribution in [0.25, 0.3) is 6.08 Å². The molecule has 2 heterocycles. The fraction of sp³-hybridized carbons (Fsp3) is 0.105. The molecular formula is C19H17N3O2S. The van der Waals surface area contributed by atoms with Gasteiger partial charge in [0.15, 0.2) is 5.17 Å². The minimum atomic E-state index is -0.0876. The number of aliphatic imine (C=N–C) groups is 1. The molecule has 1 amide bonds. The Morgan fingerprint density at radius 3 is 2.96 bits per heavy atom. The zero-order valence-corrected chi connectivity index (χ0v) is 14.6. The molecule has 5 nitrogen and oxygen atoms in total. The normalized spacial score (nSPS) is 17.3. The SMILES string of the molecule is C=CCN1C(=O)/C(=C/c2cccc(OC)c2)SC1=Nc1cccnc1. The Balaban J connectivity index is 1.94. The number of carbonyl (C=O) groups excluding carboxylic acids is 1. The van der Waals surface area contributed by atoms with Gasteiger partial charge in [0, 0.05) is 12.7 Å². The second-order valence-corrected chi connectivity index (χ2v) is 6.21. The molecule has 0 saturated carbocycles. The summed E-state index contributed by atoms with van der Waals surface area (Å²) in [7, 11) is 1.62. The van der Waals surface area contributed by atoms with E-state index in [4.69, 9.17) is 4.74 Å². The van der Waals surface area contributed by atoms with Gasteiger partial charge < -0.3 is 4.74 Å². The molecule has 3 rings (SSSR count). The number of benzene rings is 1. The van der Waals surface area contributed by atoms with Crippen LogP contribution in [0.1, 0.15) is 5.56 Å². The summed E-state index contributed by atoms with van der Waals surface area (Å²) in [5, 5.41) is 0.618. The summed E-state index contributed by atoms with van der Waals surface area (Å²) >= 11 is 1.34. The molecule has 25 heavy (non-hydrogen) atoms. The third-order valence-electron chi connectivity index (χ3n) is 3.46. The first kappa shape index (κ1) is 17.0. The van der Waals surface area contributed by atoms with Gasteiger partial charge in [0.1, 0.15) is 5.75 Å². The molecule has 0 N–H and O–H groups in total. The summed E-state index contributed by atoms with van der Waals surface area (Å²) in [5.41, 5.74) is 1.60. The van der Waals surface area contributed by atoms with E-state index in [0.717, 1.165) is 11.3 Å². The van der Waals surface area contributed by atoms with E-state index in [9.17, 15) is 4.79 Å². The van der Waals surface area contributed by atoms with Crippen LogP contribution in [0.4, 0.5) is 5.69 Å². The number of thioether (sulfide) groups is 1. The molecule has 1 aromatic carbocycles. The second kappa shape index (κ2) is 7.81. The van der Waals surface area contributed by atoms with Gasteiger partial charge in [0.05, 0.1) is 23.9 Å². The van der Waals surface area contributed by atoms with Crippen LogP contribution in [-0.2, 0) is 4.79 Å². The van der Waals surface area contributed by atoms with Crippen LogP contribution < -0.4 is 4.74 Å². The predicted molar refractivity (Wildman–Crippen MR) is 102 cm³/mol. The highest BCUT2D eigenvalue weighted by Crippen LogP contribution is 2.34. The van der Waals surface area contributed by atoms with Crippen molar-refractivity contribution in [2.24, 2.45) is 4.99 Å². The highest BCUT2D eigenvalue weighted by Gasteiger charge is 2.32. The fourth-order valence-corrected chi connectivity index (χ4v) is 3.30. The van der Waals surface area contributed by atoms with E-state index in [1.165, 1.54) is 11.8 Å². The number of carbonyl (C=O) groups is 1. The van der Waals surface area contributed by atoms with Gasteiger partial charge in [-0.3, -0.25) is 14.7 Å². The monoisotopic (exact) mass is 351 g/mol. The Bertz CT molecular complexity index is 847. The largest absolute Gasteiger partial charge is 0.497 e. The van der Waals surface area contributed by atoms with Crippen LogP contribution in [0, 0.1) is 0 Å². The van der Waals surface area contributed by atoms with Crippen molar-refractivity contribution in [3.8, 4) is 5.75 Å². The smallest absolute Gasteiger partial charge is 0.267 e. The van der Waals surface area contributed by atoms with Crippen molar-refractivity contribution in [2.75, 3.05) is 13.7 Å². The number of ether oxygens (including phenoxy) is 1. The third-order valence-corrected chi connectivity index (χ3v) is 4.47. The van der Waals surface area contributed by atoms with Crippen molar-refractivity contribution in [3.63, 3.8) is 0 Å². The topological polar surface area (TPSA) is 54.8 Å². The quantitative estimate of drug-likeness (QED) is 0.606. The molecule has 0 bridgehead atoms. The average Bonchev–Trinajstić information content (AvgIpc) is 2.92. The highest BCUT2D eigenvalue weighted by atomic mass is 32.2. The maximum atomic E-state index is 12.7. The third kappa shape index (κ3) is 3.97. The Morgan fingerprint density at radius 1 is 1.36 bits per heavy atom. The number of hydrogen-bond acceptors (Lipinski definition) is 5. The van der Waals surface area contributed by atoms with Crippen LogP contribution in [0.15, 0.2) is 71.3 Å². The molecule has 6 heteroatoms. The van der Waals surface area contributed by atoms with Gasteiger partial charge in [0.25, 0.3) is 5.91 Å². The predicted octanol–water partition coefficient (Wildman–Crippen LogP) is 3.88. The first-order chi connectivity index (χ1) is 12.2. The van der Waals surface area contributed by atoms with Crippen LogP contribution >= 0.6 is 11.8 Å². The lowest BCUT2D eigenvalue weighted by molar-refractivity contribution is -0.121. The summed E-state index contributed by atoms with van der Waals surface area (Å²) in [6.07, 6.45) is 6.88. The maximum absolute atomic E-state index is 12.7. The highest BCUT2D eigenvalue weighted by molar-refractivity contribution is 8.18. The summed E-state index contributed by atoms with van der Waals surface area (Å²) in [4.78, 5) is 23.5. The van der Waals surface area contributed by atoms with Crippen molar-refractivity contribution >= 4 is 34.6 Å². The zero-order valence-electron chi connectivity index (χ0n) is 13.8. The Labute approximate surface area is 150 Å². The molecule has 0 radical (unpaired) electrons. The maximum Gasteiger partial charge on any atom is 0.267 e. The first-order valence-corrected chi connectivity index (χ1v) is 8.48. The van der Waals surface area contributed by atoms with Crippen LogP contribution in [-0.4, -0.2) is 34.6 Å². The molecule has 1 aliphatic heterocycles. The van der Waals surface area contributed by atoms with Gasteiger partial charge in [-0.15, -0.1) is 6.58 Å². The number of hydrogen-bond donors (Lipinski definition) is 0. The van der Waals surface area contributed by atoms with Gasteiger partial charge in [-0.05, 0) is 47.7 Å². The van der Waals surface area contributed by atoms with E-state index in [1.807, 2.05) is 42.5 Å². The number of amidine groups is 1. The van der Waals surface area contributed by atoms with E-state index >= 15 is 0 Å². The zero-order chi connectivity index (χ0) is 17.6. The van der Waals surface area contributed by atoms with Gasteiger partial charge in [0.2, 0.25) is 0 Å². The van der Waals surface area contributed by atoms with E-state index in [1.54, 1.807) is 30.5 Å². The number of nitrogens with zero attached hydrogens (tertiary/aromatic N) is 3. The molecular weight excluding hydrogens is 334 g/mol. The minimum Gasteiger partial charge on any atom is -0.497 e. The van der Waals surface area contributed by atoms with Gasteiger partial charge >= 0.3 is 0 Å². The molecule has 0 spiro atoms.